The Labute approximate surface area is 122 Å². The predicted molar refractivity (Wildman–Crippen MR) is 81.0 cm³/mol. The number of imidazole rings is 1. The first-order chi connectivity index (χ1) is 9.58. The number of amides is 1. The highest BCUT2D eigenvalue weighted by atomic mass is 32.1. The van der Waals surface area contributed by atoms with E-state index in [9.17, 15) is 4.79 Å². The molecule has 20 heavy (non-hydrogen) atoms. The van der Waals surface area contributed by atoms with Crippen LogP contribution < -0.4 is 11.1 Å². The molecule has 0 aromatic carbocycles. The quantitative estimate of drug-likeness (QED) is 0.849. The third-order valence-corrected chi connectivity index (χ3v) is 3.96. The summed E-state index contributed by atoms with van der Waals surface area (Å²) in [5.74, 6) is -0.137. The Hall–Kier alpha value is -1.66. The zero-order valence-electron chi connectivity index (χ0n) is 11.8. The maximum absolute atomic E-state index is 12.1. The van der Waals surface area contributed by atoms with Gasteiger partial charge in [-0.3, -0.25) is 4.79 Å². The van der Waals surface area contributed by atoms with Gasteiger partial charge < -0.3 is 15.6 Å². The largest absolute Gasteiger partial charge is 0.348 e. The topological polar surface area (TPSA) is 72.9 Å². The van der Waals surface area contributed by atoms with E-state index in [-0.39, 0.29) is 11.9 Å². The summed E-state index contributed by atoms with van der Waals surface area (Å²) in [4.78, 5) is 18.7. The minimum Gasteiger partial charge on any atom is -0.348 e. The van der Waals surface area contributed by atoms with Crippen LogP contribution in [0.1, 0.15) is 27.2 Å². The van der Waals surface area contributed by atoms with Gasteiger partial charge in [0.05, 0.1) is 6.33 Å². The number of carbonyl (C=O) groups is 1. The summed E-state index contributed by atoms with van der Waals surface area (Å²) in [6.07, 6.45) is 4.20. The van der Waals surface area contributed by atoms with Crippen molar-refractivity contribution < 1.29 is 4.79 Å². The lowest BCUT2D eigenvalue weighted by molar-refractivity contribution is 0.0935. The van der Waals surface area contributed by atoms with E-state index >= 15 is 0 Å². The number of carbonyl (C=O) groups excluding carboxylic acids is 1. The molecule has 108 valence electrons. The molecule has 1 atom stereocenters. The average molecular weight is 292 g/mol. The number of hydrogen-bond donors (Lipinski definition) is 2. The Balaban J connectivity index is 1.89. The van der Waals surface area contributed by atoms with E-state index in [4.69, 9.17) is 5.73 Å². The van der Waals surface area contributed by atoms with Crippen molar-refractivity contribution in [3.8, 4) is 0 Å². The Morgan fingerprint density at radius 1 is 1.55 bits per heavy atom. The molecule has 0 radical (unpaired) electrons. The van der Waals surface area contributed by atoms with E-state index < -0.39 is 0 Å². The minimum absolute atomic E-state index is 0.0835. The van der Waals surface area contributed by atoms with Crippen LogP contribution in [0.25, 0.3) is 0 Å². The van der Waals surface area contributed by atoms with Gasteiger partial charge in [-0.15, -0.1) is 11.3 Å². The number of aromatic nitrogens is 2. The fourth-order valence-electron chi connectivity index (χ4n) is 1.99. The van der Waals surface area contributed by atoms with Gasteiger partial charge in [-0.2, -0.15) is 0 Å². The molecule has 2 aromatic rings. The van der Waals surface area contributed by atoms with Crippen LogP contribution >= 0.6 is 11.3 Å². The molecule has 0 aliphatic heterocycles. The molecule has 1 unspecified atom stereocenters. The molecule has 5 nitrogen and oxygen atoms in total. The second-order valence-corrected chi connectivity index (χ2v) is 6.25. The minimum atomic E-state index is -0.137. The van der Waals surface area contributed by atoms with E-state index in [1.807, 2.05) is 11.5 Å². The van der Waals surface area contributed by atoms with Gasteiger partial charge >= 0.3 is 0 Å². The van der Waals surface area contributed by atoms with Crippen LogP contribution in [0.3, 0.4) is 0 Å². The summed E-state index contributed by atoms with van der Waals surface area (Å²) in [6.45, 7) is 5.29. The summed E-state index contributed by atoms with van der Waals surface area (Å²) in [7, 11) is 0. The van der Waals surface area contributed by atoms with Crippen molar-refractivity contribution in [1.82, 2.24) is 14.9 Å². The molecule has 1 amide bonds. The van der Waals surface area contributed by atoms with E-state index in [2.05, 4.69) is 29.4 Å². The number of hydrogen-bond acceptors (Lipinski definition) is 4. The number of aryl methyl sites for hydroxylation is 1. The Kier molecular flexibility index (Phi) is 4.92. The van der Waals surface area contributed by atoms with E-state index in [1.54, 1.807) is 23.9 Å². The first-order valence-electron chi connectivity index (χ1n) is 6.66. The highest BCUT2D eigenvalue weighted by Gasteiger charge is 2.13. The molecule has 3 N–H and O–H groups in total. The summed E-state index contributed by atoms with van der Waals surface area (Å²) >= 11 is 1.76. The fourth-order valence-corrected chi connectivity index (χ4v) is 3.01. The summed E-state index contributed by atoms with van der Waals surface area (Å²) in [6, 6.07) is 4.29. The van der Waals surface area contributed by atoms with Crippen molar-refractivity contribution >= 4 is 17.2 Å². The number of thiophene rings is 1. The summed E-state index contributed by atoms with van der Waals surface area (Å²) in [5.41, 5.74) is 5.90. The van der Waals surface area contributed by atoms with Crippen LogP contribution in [0.4, 0.5) is 0 Å². The van der Waals surface area contributed by atoms with Crippen molar-refractivity contribution in [2.24, 2.45) is 5.73 Å². The molecule has 0 bridgehead atoms. The highest BCUT2D eigenvalue weighted by molar-refractivity contribution is 7.11. The van der Waals surface area contributed by atoms with Gasteiger partial charge in [-0.05, 0) is 26.0 Å². The van der Waals surface area contributed by atoms with Gasteiger partial charge in [0, 0.05) is 41.5 Å². The van der Waals surface area contributed by atoms with Crippen molar-refractivity contribution in [2.45, 2.75) is 32.9 Å². The summed E-state index contributed by atoms with van der Waals surface area (Å²) < 4.78 is 1.82. The molecule has 0 spiro atoms. The molecule has 2 rings (SSSR count). The lowest BCUT2D eigenvalue weighted by Gasteiger charge is -2.11. The molecular formula is C14H20N4OS. The molecule has 0 saturated heterocycles. The summed E-state index contributed by atoms with van der Waals surface area (Å²) in [5, 5.41) is 2.97. The maximum Gasteiger partial charge on any atom is 0.271 e. The van der Waals surface area contributed by atoms with Gasteiger partial charge in [0.1, 0.15) is 5.69 Å². The van der Waals surface area contributed by atoms with Gasteiger partial charge in [-0.25, -0.2) is 4.98 Å². The van der Waals surface area contributed by atoms with Gasteiger partial charge in [0.2, 0.25) is 0 Å². The lowest BCUT2D eigenvalue weighted by atomic mass is 10.2. The smallest absolute Gasteiger partial charge is 0.271 e. The molecule has 0 fully saturated rings. The number of nitrogens with one attached hydrogen (secondary N) is 1. The molecular weight excluding hydrogens is 272 g/mol. The SMILES string of the molecule is Cc1ccc(CC(C)NC(=O)c2cn(CCN)cn2)s1. The molecule has 0 saturated carbocycles. The van der Waals surface area contributed by atoms with Crippen LogP contribution in [0, 0.1) is 6.92 Å². The van der Waals surface area contributed by atoms with E-state index in [0.29, 0.717) is 18.8 Å². The zero-order valence-corrected chi connectivity index (χ0v) is 12.6. The lowest BCUT2D eigenvalue weighted by Crippen LogP contribution is -2.34. The van der Waals surface area contributed by atoms with Crippen LogP contribution in [-0.2, 0) is 13.0 Å². The monoisotopic (exact) mass is 292 g/mol. The molecule has 6 heteroatoms. The van der Waals surface area contributed by atoms with Crippen molar-refractivity contribution in [3.05, 3.63) is 40.1 Å². The second kappa shape index (κ2) is 6.67. The predicted octanol–water partition coefficient (Wildman–Crippen LogP) is 1.57. The Morgan fingerprint density at radius 3 is 3.00 bits per heavy atom. The Morgan fingerprint density at radius 2 is 2.35 bits per heavy atom. The zero-order chi connectivity index (χ0) is 14.5. The normalized spacial score (nSPS) is 12.3. The maximum atomic E-state index is 12.1. The van der Waals surface area contributed by atoms with Crippen molar-refractivity contribution in [3.63, 3.8) is 0 Å². The van der Waals surface area contributed by atoms with Crippen molar-refractivity contribution in [1.29, 1.82) is 0 Å². The highest BCUT2D eigenvalue weighted by Crippen LogP contribution is 2.16. The first kappa shape index (κ1) is 14.7. The molecule has 2 heterocycles. The van der Waals surface area contributed by atoms with Gasteiger partial charge in [0.25, 0.3) is 5.91 Å². The Bertz CT molecular complexity index is 575. The number of nitrogens with two attached hydrogens (primary N) is 1. The molecule has 2 aromatic heterocycles. The third-order valence-electron chi connectivity index (χ3n) is 2.93. The second-order valence-electron chi connectivity index (χ2n) is 4.88. The van der Waals surface area contributed by atoms with Gasteiger partial charge in [0.15, 0.2) is 0 Å². The molecule has 0 aliphatic rings. The van der Waals surface area contributed by atoms with Crippen molar-refractivity contribution in [2.75, 3.05) is 6.54 Å². The molecule has 0 aliphatic carbocycles. The van der Waals surface area contributed by atoms with Crippen LogP contribution in [0.5, 0.6) is 0 Å². The number of rotatable bonds is 6. The van der Waals surface area contributed by atoms with Crippen LogP contribution in [0.15, 0.2) is 24.7 Å². The standard InChI is InChI=1S/C14H20N4OS/c1-10(7-12-4-3-11(2)20-12)17-14(19)13-8-18(6-5-15)9-16-13/h3-4,8-10H,5-7,15H2,1-2H3,(H,17,19). The average Bonchev–Trinajstić information content (AvgIpc) is 2.99. The van der Waals surface area contributed by atoms with Gasteiger partial charge in [-0.1, -0.05) is 0 Å². The van der Waals surface area contributed by atoms with E-state index in [1.165, 1.54) is 9.75 Å². The van der Waals surface area contributed by atoms with E-state index in [0.717, 1.165) is 6.42 Å². The van der Waals surface area contributed by atoms with Crippen LogP contribution in [0.2, 0.25) is 0 Å². The first-order valence-corrected chi connectivity index (χ1v) is 7.48. The van der Waals surface area contributed by atoms with Crippen LogP contribution in [-0.4, -0.2) is 28.0 Å². The fraction of sp³-hybridized carbons (Fsp3) is 0.429. The third kappa shape index (κ3) is 3.91. The number of nitrogens with zero attached hydrogens (tertiary/aromatic N) is 2.